The van der Waals surface area contributed by atoms with Crippen LogP contribution in [0.3, 0.4) is 0 Å². The predicted octanol–water partition coefficient (Wildman–Crippen LogP) is 1.83. The van der Waals surface area contributed by atoms with Gasteiger partial charge in [-0.1, -0.05) is 13.8 Å². The van der Waals surface area contributed by atoms with E-state index in [2.05, 4.69) is 9.97 Å². The van der Waals surface area contributed by atoms with Gasteiger partial charge in [0.1, 0.15) is 11.7 Å². The van der Waals surface area contributed by atoms with Crippen LogP contribution in [0.5, 0.6) is 0 Å². The molecule has 0 bridgehead atoms. The molecule has 0 spiro atoms. The van der Waals surface area contributed by atoms with Crippen LogP contribution in [0.15, 0.2) is 12.4 Å². The fourth-order valence-electron chi connectivity index (χ4n) is 1.29. The Bertz CT molecular complexity index is 338. The van der Waals surface area contributed by atoms with E-state index in [1.54, 1.807) is 0 Å². The van der Waals surface area contributed by atoms with Crippen molar-refractivity contribution in [2.75, 3.05) is 0 Å². The van der Waals surface area contributed by atoms with E-state index in [0.29, 0.717) is 6.42 Å². The normalized spacial score (nSPS) is 12.8. The Morgan fingerprint density at radius 1 is 1.47 bits per heavy atom. The average Bonchev–Trinajstić information content (AvgIpc) is 2.15. The Kier molecular flexibility index (Phi) is 3.71. The molecule has 1 N–H and O–H groups in total. The van der Waals surface area contributed by atoms with Gasteiger partial charge in [0, 0.05) is 0 Å². The molecule has 0 saturated carbocycles. The largest absolute Gasteiger partial charge is 0.481 e. The molecule has 0 radical (unpaired) electrons. The Hall–Kier alpha value is -1.52. The van der Waals surface area contributed by atoms with Crippen molar-refractivity contribution in [1.82, 2.24) is 9.97 Å². The van der Waals surface area contributed by atoms with Gasteiger partial charge in [0.05, 0.1) is 12.4 Å². The maximum atomic E-state index is 12.5. The van der Waals surface area contributed by atoms with Crippen molar-refractivity contribution < 1.29 is 14.3 Å². The van der Waals surface area contributed by atoms with E-state index in [1.807, 2.05) is 13.8 Å². The lowest BCUT2D eigenvalue weighted by Crippen LogP contribution is -2.17. The van der Waals surface area contributed by atoms with Crippen molar-refractivity contribution in [2.45, 2.75) is 26.2 Å². The quantitative estimate of drug-likeness (QED) is 0.827. The van der Waals surface area contributed by atoms with Crippen molar-refractivity contribution in [3.8, 4) is 0 Å². The molecular weight excluding hydrogens is 199 g/mol. The number of halogens is 1. The van der Waals surface area contributed by atoms with Crippen LogP contribution in [-0.2, 0) is 4.79 Å². The summed E-state index contributed by atoms with van der Waals surface area (Å²) in [4.78, 5) is 18.3. The number of carboxylic acid groups (broad SMARTS) is 1. The molecule has 0 saturated heterocycles. The first-order chi connectivity index (χ1) is 7.00. The molecule has 1 unspecified atom stereocenters. The van der Waals surface area contributed by atoms with E-state index >= 15 is 0 Å². The van der Waals surface area contributed by atoms with E-state index in [1.165, 1.54) is 0 Å². The Morgan fingerprint density at radius 3 is 2.40 bits per heavy atom. The SMILES string of the molecule is CC(C)CC(C(=O)O)c1ncc(F)cn1. The molecular formula is C10H13FN2O2. The van der Waals surface area contributed by atoms with Gasteiger partial charge in [-0.15, -0.1) is 0 Å². The molecule has 82 valence electrons. The molecule has 1 aromatic rings. The fourth-order valence-corrected chi connectivity index (χ4v) is 1.29. The molecule has 1 heterocycles. The first-order valence-corrected chi connectivity index (χ1v) is 4.71. The van der Waals surface area contributed by atoms with Crippen LogP contribution in [0.1, 0.15) is 32.0 Å². The zero-order valence-corrected chi connectivity index (χ0v) is 8.64. The van der Waals surface area contributed by atoms with E-state index in [4.69, 9.17) is 5.11 Å². The molecule has 1 atom stereocenters. The summed E-state index contributed by atoms with van der Waals surface area (Å²) in [6.07, 6.45) is 2.41. The summed E-state index contributed by atoms with van der Waals surface area (Å²) in [7, 11) is 0. The smallest absolute Gasteiger partial charge is 0.314 e. The Labute approximate surface area is 87.2 Å². The number of carboxylic acids is 1. The summed E-state index contributed by atoms with van der Waals surface area (Å²) in [6.45, 7) is 3.83. The molecule has 0 aliphatic rings. The summed E-state index contributed by atoms with van der Waals surface area (Å²) in [5.74, 6) is -1.91. The van der Waals surface area contributed by atoms with E-state index < -0.39 is 17.7 Å². The van der Waals surface area contributed by atoms with Crippen molar-refractivity contribution in [1.29, 1.82) is 0 Å². The molecule has 15 heavy (non-hydrogen) atoms. The van der Waals surface area contributed by atoms with Gasteiger partial charge in [-0.2, -0.15) is 0 Å². The summed E-state index contributed by atoms with van der Waals surface area (Å²) in [5, 5.41) is 8.97. The number of carbonyl (C=O) groups is 1. The van der Waals surface area contributed by atoms with Crippen molar-refractivity contribution in [3.63, 3.8) is 0 Å². The number of rotatable bonds is 4. The molecule has 0 aromatic carbocycles. The summed E-state index contributed by atoms with van der Waals surface area (Å²) in [6, 6.07) is 0. The average molecular weight is 212 g/mol. The predicted molar refractivity (Wildman–Crippen MR) is 51.8 cm³/mol. The minimum Gasteiger partial charge on any atom is -0.481 e. The van der Waals surface area contributed by atoms with Gasteiger partial charge in [0.15, 0.2) is 5.82 Å². The zero-order chi connectivity index (χ0) is 11.4. The highest BCUT2D eigenvalue weighted by Crippen LogP contribution is 2.20. The second-order valence-electron chi connectivity index (χ2n) is 3.78. The monoisotopic (exact) mass is 212 g/mol. The van der Waals surface area contributed by atoms with Crippen molar-refractivity contribution >= 4 is 5.97 Å². The van der Waals surface area contributed by atoms with Gasteiger partial charge in [0.25, 0.3) is 0 Å². The van der Waals surface area contributed by atoms with E-state index in [0.717, 1.165) is 12.4 Å². The van der Waals surface area contributed by atoms with Gasteiger partial charge in [-0.3, -0.25) is 4.79 Å². The molecule has 1 aromatic heterocycles. The molecule has 1 rings (SSSR count). The highest BCUT2D eigenvalue weighted by molar-refractivity contribution is 5.74. The third-order valence-electron chi connectivity index (χ3n) is 1.96. The van der Waals surface area contributed by atoms with Gasteiger partial charge < -0.3 is 5.11 Å². The second-order valence-corrected chi connectivity index (χ2v) is 3.78. The lowest BCUT2D eigenvalue weighted by molar-refractivity contribution is -0.139. The van der Waals surface area contributed by atoms with Gasteiger partial charge in [-0.05, 0) is 12.3 Å². The maximum absolute atomic E-state index is 12.5. The minimum absolute atomic E-state index is 0.164. The van der Waals surface area contributed by atoms with Crippen LogP contribution in [0.25, 0.3) is 0 Å². The first-order valence-electron chi connectivity index (χ1n) is 4.71. The molecule has 0 aliphatic carbocycles. The van der Waals surface area contributed by atoms with Gasteiger partial charge in [0.2, 0.25) is 0 Å². The number of hydrogen-bond acceptors (Lipinski definition) is 3. The topological polar surface area (TPSA) is 63.1 Å². The van der Waals surface area contributed by atoms with Gasteiger partial charge in [-0.25, -0.2) is 14.4 Å². The molecule has 4 nitrogen and oxygen atoms in total. The first kappa shape index (κ1) is 11.6. The van der Waals surface area contributed by atoms with Crippen LogP contribution in [0.2, 0.25) is 0 Å². The molecule has 0 fully saturated rings. The second kappa shape index (κ2) is 4.82. The van der Waals surface area contributed by atoms with E-state index in [-0.39, 0.29) is 11.7 Å². The molecule has 5 heteroatoms. The van der Waals surface area contributed by atoms with Crippen molar-refractivity contribution in [3.05, 3.63) is 24.0 Å². The van der Waals surface area contributed by atoms with Crippen LogP contribution >= 0.6 is 0 Å². The van der Waals surface area contributed by atoms with Gasteiger partial charge >= 0.3 is 5.97 Å². The summed E-state index contributed by atoms with van der Waals surface area (Å²) < 4.78 is 12.5. The lowest BCUT2D eigenvalue weighted by atomic mass is 9.96. The number of aliphatic carboxylic acids is 1. The number of nitrogens with zero attached hydrogens (tertiary/aromatic N) is 2. The van der Waals surface area contributed by atoms with Crippen LogP contribution in [0, 0.1) is 11.7 Å². The van der Waals surface area contributed by atoms with Crippen LogP contribution < -0.4 is 0 Å². The van der Waals surface area contributed by atoms with Crippen molar-refractivity contribution in [2.24, 2.45) is 5.92 Å². The third-order valence-corrected chi connectivity index (χ3v) is 1.96. The summed E-state index contributed by atoms with van der Waals surface area (Å²) in [5.41, 5.74) is 0. The molecule has 0 aliphatic heterocycles. The highest BCUT2D eigenvalue weighted by atomic mass is 19.1. The lowest BCUT2D eigenvalue weighted by Gasteiger charge is -2.12. The standard InChI is InChI=1S/C10H13FN2O2/c1-6(2)3-8(10(14)15)9-12-4-7(11)5-13-9/h4-6,8H,3H2,1-2H3,(H,14,15). The zero-order valence-electron chi connectivity index (χ0n) is 8.64. The number of hydrogen-bond donors (Lipinski definition) is 1. The Morgan fingerprint density at radius 2 is 2.00 bits per heavy atom. The molecule has 0 amide bonds. The summed E-state index contributed by atoms with van der Waals surface area (Å²) >= 11 is 0. The highest BCUT2D eigenvalue weighted by Gasteiger charge is 2.23. The van der Waals surface area contributed by atoms with Crippen LogP contribution in [0.4, 0.5) is 4.39 Å². The fraction of sp³-hybridized carbons (Fsp3) is 0.500. The maximum Gasteiger partial charge on any atom is 0.314 e. The van der Waals surface area contributed by atoms with E-state index in [9.17, 15) is 9.18 Å². The number of aromatic nitrogens is 2. The van der Waals surface area contributed by atoms with Crippen LogP contribution in [-0.4, -0.2) is 21.0 Å². The minimum atomic E-state index is -0.977. The third kappa shape index (κ3) is 3.27. The Balaban J connectivity index is 2.89.